The van der Waals surface area contributed by atoms with Crippen molar-refractivity contribution in [2.24, 2.45) is 0 Å². The molecule has 1 aliphatic heterocycles. The maximum atomic E-state index is 12.4. The highest BCUT2D eigenvalue weighted by Gasteiger charge is 2.31. The second-order valence-electron chi connectivity index (χ2n) is 6.11. The number of hydrogen-bond acceptors (Lipinski definition) is 6. The SMILES string of the molecule is C#CCOc1cccc([C@H]2SCC(=O)Nc3c2c(C)nn3-c2ncccn2)c1. The van der Waals surface area contributed by atoms with Gasteiger partial charge in [0.25, 0.3) is 5.95 Å². The maximum Gasteiger partial charge on any atom is 0.252 e. The summed E-state index contributed by atoms with van der Waals surface area (Å²) < 4.78 is 7.15. The third kappa shape index (κ3) is 3.44. The molecule has 3 heterocycles. The predicted molar refractivity (Wildman–Crippen MR) is 108 cm³/mol. The smallest absolute Gasteiger partial charge is 0.252 e. The van der Waals surface area contributed by atoms with E-state index in [2.05, 4.69) is 26.3 Å². The number of benzene rings is 1. The summed E-state index contributed by atoms with van der Waals surface area (Å²) in [6.45, 7) is 2.12. The molecule has 1 amide bonds. The summed E-state index contributed by atoms with van der Waals surface area (Å²) in [5.74, 6) is 4.39. The number of rotatable bonds is 4. The van der Waals surface area contributed by atoms with Crippen molar-refractivity contribution in [1.29, 1.82) is 0 Å². The van der Waals surface area contributed by atoms with Gasteiger partial charge in [0.1, 0.15) is 18.2 Å². The molecular weight excluding hydrogens is 374 g/mol. The molecule has 0 radical (unpaired) electrons. The van der Waals surface area contributed by atoms with Gasteiger partial charge in [-0.25, -0.2) is 9.97 Å². The minimum absolute atomic E-state index is 0.0921. The van der Waals surface area contributed by atoms with E-state index in [-0.39, 0.29) is 17.8 Å². The van der Waals surface area contributed by atoms with Crippen LogP contribution in [0.25, 0.3) is 5.95 Å². The first-order valence-electron chi connectivity index (χ1n) is 8.62. The molecule has 1 atom stereocenters. The van der Waals surface area contributed by atoms with Gasteiger partial charge in [-0.15, -0.1) is 18.2 Å². The molecule has 0 unspecified atom stereocenters. The second kappa shape index (κ2) is 7.74. The van der Waals surface area contributed by atoms with Gasteiger partial charge in [-0.1, -0.05) is 18.1 Å². The topological polar surface area (TPSA) is 81.9 Å². The van der Waals surface area contributed by atoms with Gasteiger partial charge in [-0.3, -0.25) is 4.79 Å². The number of ether oxygens (including phenoxy) is 1. The van der Waals surface area contributed by atoms with E-state index in [1.807, 2.05) is 31.2 Å². The lowest BCUT2D eigenvalue weighted by Crippen LogP contribution is -2.16. The third-order valence-corrected chi connectivity index (χ3v) is 5.50. The molecule has 0 aliphatic carbocycles. The zero-order valence-electron chi connectivity index (χ0n) is 15.1. The zero-order valence-corrected chi connectivity index (χ0v) is 15.9. The van der Waals surface area contributed by atoms with Gasteiger partial charge < -0.3 is 10.1 Å². The van der Waals surface area contributed by atoms with Crippen molar-refractivity contribution in [1.82, 2.24) is 19.7 Å². The third-order valence-electron chi connectivity index (χ3n) is 4.23. The number of nitrogens with zero attached hydrogens (tertiary/aromatic N) is 4. The van der Waals surface area contributed by atoms with Crippen LogP contribution in [0.15, 0.2) is 42.7 Å². The van der Waals surface area contributed by atoms with E-state index in [4.69, 9.17) is 11.2 Å². The lowest BCUT2D eigenvalue weighted by atomic mass is 10.0. The molecule has 0 bridgehead atoms. The minimum Gasteiger partial charge on any atom is -0.481 e. The highest BCUT2D eigenvalue weighted by molar-refractivity contribution is 8.00. The number of amides is 1. The van der Waals surface area contributed by atoms with E-state index >= 15 is 0 Å². The van der Waals surface area contributed by atoms with Crippen molar-refractivity contribution < 1.29 is 9.53 Å². The number of carbonyl (C=O) groups excluding carboxylic acids is 1. The van der Waals surface area contributed by atoms with E-state index < -0.39 is 0 Å². The van der Waals surface area contributed by atoms with Gasteiger partial charge in [0.05, 0.1) is 16.7 Å². The fourth-order valence-electron chi connectivity index (χ4n) is 3.08. The van der Waals surface area contributed by atoms with Crippen molar-refractivity contribution in [3.05, 3.63) is 59.5 Å². The molecule has 1 N–H and O–H groups in total. The predicted octanol–water partition coefficient (Wildman–Crippen LogP) is 2.76. The Bertz CT molecular complexity index is 1060. The molecule has 1 aliphatic rings. The summed E-state index contributed by atoms with van der Waals surface area (Å²) in [6.07, 6.45) is 8.57. The van der Waals surface area contributed by atoms with E-state index in [9.17, 15) is 4.79 Å². The van der Waals surface area contributed by atoms with Crippen LogP contribution in [0.1, 0.15) is 22.1 Å². The Balaban J connectivity index is 1.81. The first-order valence-corrected chi connectivity index (χ1v) is 9.67. The first kappa shape index (κ1) is 18.1. The van der Waals surface area contributed by atoms with Crippen LogP contribution >= 0.6 is 11.8 Å². The van der Waals surface area contributed by atoms with Crippen LogP contribution in [0.5, 0.6) is 5.75 Å². The summed E-state index contributed by atoms with van der Waals surface area (Å²) in [6, 6.07) is 9.47. The molecule has 28 heavy (non-hydrogen) atoms. The van der Waals surface area contributed by atoms with E-state index in [1.165, 1.54) is 0 Å². The Kier molecular flexibility index (Phi) is 5.00. The Morgan fingerprint density at radius 3 is 2.96 bits per heavy atom. The molecule has 1 aromatic carbocycles. The molecule has 2 aromatic heterocycles. The Morgan fingerprint density at radius 2 is 2.18 bits per heavy atom. The van der Waals surface area contributed by atoms with Gasteiger partial charge in [0.15, 0.2) is 0 Å². The summed E-state index contributed by atoms with van der Waals surface area (Å²) in [5, 5.41) is 7.46. The van der Waals surface area contributed by atoms with Crippen molar-refractivity contribution >= 4 is 23.5 Å². The number of carbonyl (C=O) groups is 1. The summed E-state index contributed by atoms with van der Waals surface area (Å²) in [7, 11) is 0. The number of terminal acetylenes is 1. The molecule has 140 valence electrons. The summed E-state index contributed by atoms with van der Waals surface area (Å²) >= 11 is 1.54. The van der Waals surface area contributed by atoms with E-state index in [0.29, 0.717) is 23.3 Å². The first-order chi connectivity index (χ1) is 13.7. The number of aryl methyl sites for hydroxylation is 1. The summed E-state index contributed by atoms with van der Waals surface area (Å²) in [4.78, 5) is 20.9. The van der Waals surface area contributed by atoms with E-state index in [1.54, 1.807) is 34.9 Å². The molecule has 4 rings (SSSR count). The summed E-state index contributed by atoms with van der Waals surface area (Å²) in [5.41, 5.74) is 2.74. The normalized spacial score (nSPS) is 15.9. The average Bonchev–Trinajstić information content (AvgIpc) is 2.92. The standard InChI is InChI=1S/C20H17N5O2S/c1-3-10-27-15-7-4-6-14(11-15)18-17-13(2)24-25(20-21-8-5-9-22-20)19(17)23-16(26)12-28-18/h1,4-9,11,18H,10,12H2,2H3,(H,23,26)/t18-/m1/s1. The van der Waals surface area contributed by atoms with Crippen LogP contribution in [-0.2, 0) is 4.79 Å². The molecule has 0 spiro atoms. The quantitative estimate of drug-likeness (QED) is 0.689. The molecule has 8 heteroatoms. The zero-order chi connectivity index (χ0) is 19.5. The highest BCUT2D eigenvalue weighted by Crippen LogP contribution is 2.44. The Hall–Kier alpha value is -3.31. The molecule has 0 fully saturated rings. The number of hydrogen-bond donors (Lipinski definition) is 1. The van der Waals surface area contributed by atoms with Crippen molar-refractivity contribution in [2.75, 3.05) is 17.7 Å². The van der Waals surface area contributed by atoms with E-state index in [0.717, 1.165) is 16.8 Å². The van der Waals surface area contributed by atoms with Crippen LogP contribution in [0.2, 0.25) is 0 Å². The number of aromatic nitrogens is 4. The van der Waals surface area contributed by atoms with Crippen LogP contribution in [0, 0.1) is 19.3 Å². The average molecular weight is 391 g/mol. The van der Waals surface area contributed by atoms with Gasteiger partial charge in [-0.2, -0.15) is 9.78 Å². The van der Waals surface area contributed by atoms with Crippen LogP contribution in [0.3, 0.4) is 0 Å². The van der Waals surface area contributed by atoms with Crippen LogP contribution < -0.4 is 10.1 Å². The minimum atomic E-state index is -0.0965. The molecule has 3 aromatic rings. The monoisotopic (exact) mass is 391 g/mol. The van der Waals surface area contributed by atoms with Crippen molar-refractivity contribution in [3.63, 3.8) is 0 Å². The Morgan fingerprint density at radius 1 is 1.36 bits per heavy atom. The van der Waals surface area contributed by atoms with Crippen molar-refractivity contribution in [2.45, 2.75) is 12.2 Å². The number of fused-ring (bicyclic) bond motifs is 1. The van der Waals surface area contributed by atoms with Crippen molar-refractivity contribution in [3.8, 4) is 24.0 Å². The van der Waals surface area contributed by atoms with Gasteiger partial charge in [0.2, 0.25) is 5.91 Å². The van der Waals surface area contributed by atoms with Gasteiger partial charge in [0, 0.05) is 18.0 Å². The molecule has 0 saturated carbocycles. The second-order valence-corrected chi connectivity index (χ2v) is 7.21. The maximum absolute atomic E-state index is 12.4. The van der Waals surface area contributed by atoms with Crippen LogP contribution in [-0.4, -0.2) is 38.0 Å². The lowest BCUT2D eigenvalue weighted by Gasteiger charge is -2.16. The number of anilines is 1. The fourth-order valence-corrected chi connectivity index (χ4v) is 4.26. The highest BCUT2D eigenvalue weighted by atomic mass is 32.2. The number of nitrogens with one attached hydrogen (secondary N) is 1. The van der Waals surface area contributed by atoms with Gasteiger partial charge in [-0.05, 0) is 30.7 Å². The molecule has 7 nitrogen and oxygen atoms in total. The molecular formula is C20H17N5O2S. The lowest BCUT2D eigenvalue weighted by molar-refractivity contribution is -0.113. The molecule has 0 saturated heterocycles. The van der Waals surface area contributed by atoms with Crippen LogP contribution in [0.4, 0.5) is 5.82 Å². The van der Waals surface area contributed by atoms with Gasteiger partial charge >= 0.3 is 0 Å². The fraction of sp³-hybridized carbons (Fsp3) is 0.200. The number of thioether (sulfide) groups is 1. The Labute approximate surface area is 166 Å². The largest absolute Gasteiger partial charge is 0.481 e.